The lowest BCUT2D eigenvalue weighted by atomic mass is 10.1. The van der Waals surface area contributed by atoms with Crippen molar-refractivity contribution in [1.29, 1.82) is 0 Å². The van der Waals surface area contributed by atoms with Crippen molar-refractivity contribution in [3.8, 4) is 11.1 Å². The first-order valence-corrected chi connectivity index (χ1v) is 8.10. The zero-order chi connectivity index (χ0) is 16.8. The number of rotatable bonds is 5. The molecule has 2 heterocycles. The lowest BCUT2D eigenvalue weighted by Crippen LogP contribution is -2.41. The summed E-state index contributed by atoms with van der Waals surface area (Å²) >= 11 is 0. The van der Waals surface area contributed by atoms with Gasteiger partial charge in [0.1, 0.15) is 0 Å². The molecule has 0 unspecified atom stereocenters. The Kier molecular flexibility index (Phi) is 5.40. The summed E-state index contributed by atoms with van der Waals surface area (Å²) in [4.78, 5) is 29.2. The molecule has 24 heavy (non-hydrogen) atoms. The van der Waals surface area contributed by atoms with Gasteiger partial charge in [0.25, 0.3) is 11.5 Å². The van der Waals surface area contributed by atoms with Gasteiger partial charge in [-0.15, -0.1) is 0 Å². The van der Waals surface area contributed by atoms with Crippen molar-refractivity contribution in [3.63, 3.8) is 0 Å². The van der Waals surface area contributed by atoms with Crippen molar-refractivity contribution in [2.45, 2.75) is 0 Å². The molecule has 6 nitrogen and oxygen atoms in total. The van der Waals surface area contributed by atoms with E-state index in [2.05, 4.69) is 15.2 Å². The van der Waals surface area contributed by atoms with Crippen molar-refractivity contribution in [1.82, 2.24) is 15.2 Å². The Morgan fingerprint density at radius 2 is 1.96 bits per heavy atom. The number of pyridine rings is 1. The van der Waals surface area contributed by atoms with Crippen LogP contribution in [0.15, 0.2) is 47.4 Å². The van der Waals surface area contributed by atoms with Gasteiger partial charge in [-0.05, 0) is 11.6 Å². The molecule has 1 aliphatic heterocycles. The van der Waals surface area contributed by atoms with Crippen LogP contribution in [0.25, 0.3) is 11.1 Å². The molecule has 0 aliphatic carbocycles. The van der Waals surface area contributed by atoms with Gasteiger partial charge < -0.3 is 15.0 Å². The van der Waals surface area contributed by atoms with E-state index >= 15 is 0 Å². The van der Waals surface area contributed by atoms with E-state index in [4.69, 9.17) is 4.74 Å². The molecule has 1 aliphatic rings. The lowest BCUT2D eigenvalue weighted by molar-refractivity contribution is 0.0383. The Balaban J connectivity index is 1.63. The van der Waals surface area contributed by atoms with Crippen LogP contribution in [0.3, 0.4) is 0 Å². The number of amides is 1. The number of morpholine rings is 1. The number of carbonyl (C=O) groups is 1. The van der Waals surface area contributed by atoms with Gasteiger partial charge in [-0.25, -0.2) is 0 Å². The van der Waals surface area contributed by atoms with Crippen LogP contribution in [0.2, 0.25) is 0 Å². The topological polar surface area (TPSA) is 74.4 Å². The van der Waals surface area contributed by atoms with Gasteiger partial charge in [0.2, 0.25) is 0 Å². The Hall–Kier alpha value is -2.44. The van der Waals surface area contributed by atoms with Crippen molar-refractivity contribution >= 4 is 5.91 Å². The number of nitrogens with zero attached hydrogens (tertiary/aromatic N) is 1. The SMILES string of the molecule is O=C(NCCN1CCOCC1)c1c[nH]c(=O)c(-c2ccccc2)c1. The normalized spacial score (nSPS) is 15.2. The summed E-state index contributed by atoms with van der Waals surface area (Å²) < 4.78 is 5.30. The standard InChI is InChI=1S/C18H21N3O3/c22-17(19-6-7-21-8-10-24-11-9-21)15-12-16(18(23)20-13-15)14-4-2-1-3-5-14/h1-5,12-13H,6-11H2,(H,19,22)(H,20,23). The zero-order valence-electron chi connectivity index (χ0n) is 13.5. The highest BCUT2D eigenvalue weighted by atomic mass is 16.5. The molecule has 1 saturated heterocycles. The molecular formula is C18H21N3O3. The maximum absolute atomic E-state index is 12.3. The van der Waals surface area contributed by atoms with Gasteiger partial charge in [0.15, 0.2) is 0 Å². The minimum Gasteiger partial charge on any atom is -0.379 e. The third-order valence-corrected chi connectivity index (χ3v) is 4.07. The predicted molar refractivity (Wildman–Crippen MR) is 92.1 cm³/mol. The molecule has 1 fully saturated rings. The molecule has 3 rings (SSSR count). The molecule has 126 valence electrons. The molecule has 0 atom stereocenters. The molecule has 6 heteroatoms. The number of hydrogen-bond donors (Lipinski definition) is 2. The zero-order valence-corrected chi connectivity index (χ0v) is 13.5. The predicted octanol–water partition coefficient (Wildman–Crippen LogP) is 1.10. The molecular weight excluding hydrogens is 306 g/mol. The van der Waals surface area contributed by atoms with Gasteiger partial charge in [0.05, 0.1) is 18.8 Å². The van der Waals surface area contributed by atoms with Crippen molar-refractivity contribution in [2.24, 2.45) is 0 Å². The summed E-state index contributed by atoms with van der Waals surface area (Å²) in [5.41, 5.74) is 1.54. The van der Waals surface area contributed by atoms with E-state index in [0.717, 1.165) is 38.4 Å². The molecule has 0 radical (unpaired) electrons. The van der Waals surface area contributed by atoms with Gasteiger partial charge in [-0.2, -0.15) is 0 Å². The van der Waals surface area contributed by atoms with Gasteiger partial charge in [-0.3, -0.25) is 14.5 Å². The van der Waals surface area contributed by atoms with Crippen molar-refractivity contribution in [2.75, 3.05) is 39.4 Å². The molecule has 0 bridgehead atoms. The van der Waals surface area contributed by atoms with Crippen LogP contribution in [0, 0.1) is 0 Å². The van der Waals surface area contributed by atoms with Crippen LogP contribution in [0.1, 0.15) is 10.4 Å². The number of benzene rings is 1. The number of aromatic nitrogens is 1. The minimum atomic E-state index is -0.203. The molecule has 0 saturated carbocycles. The highest BCUT2D eigenvalue weighted by Crippen LogP contribution is 2.15. The monoisotopic (exact) mass is 327 g/mol. The highest BCUT2D eigenvalue weighted by molar-refractivity contribution is 5.95. The summed E-state index contributed by atoms with van der Waals surface area (Å²) in [6.07, 6.45) is 1.46. The number of aromatic amines is 1. The van der Waals surface area contributed by atoms with Crippen LogP contribution >= 0.6 is 0 Å². The molecule has 0 spiro atoms. The Morgan fingerprint density at radius 1 is 1.21 bits per heavy atom. The van der Waals surface area contributed by atoms with Gasteiger partial charge in [0, 0.05) is 37.9 Å². The fraction of sp³-hybridized carbons (Fsp3) is 0.333. The molecule has 1 aromatic heterocycles. The Morgan fingerprint density at radius 3 is 2.71 bits per heavy atom. The van der Waals surface area contributed by atoms with Crippen LogP contribution in [0.4, 0.5) is 0 Å². The second-order valence-electron chi connectivity index (χ2n) is 5.71. The minimum absolute atomic E-state index is 0.184. The average Bonchev–Trinajstić information content (AvgIpc) is 2.63. The third-order valence-electron chi connectivity index (χ3n) is 4.07. The fourth-order valence-electron chi connectivity index (χ4n) is 2.70. The smallest absolute Gasteiger partial charge is 0.255 e. The first-order valence-electron chi connectivity index (χ1n) is 8.10. The van der Waals surface area contributed by atoms with E-state index in [9.17, 15) is 9.59 Å². The van der Waals surface area contributed by atoms with Crippen molar-refractivity contribution < 1.29 is 9.53 Å². The first-order chi connectivity index (χ1) is 11.7. The summed E-state index contributed by atoms with van der Waals surface area (Å²) in [5.74, 6) is -0.184. The number of H-pyrrole nitrogens is 1. The number of nitrogens with one attached hydrogen (secondary N) is 2. The van der Waals surface area contributed by atoms with E-state index in [0.29, 0.717) is 17.7 Å². The van der Waals surface area contributed by atoms with Crippen LogP contribution in [0.5, 0.6) is 0 Å². The second-order valence-corrected chi connectivity index (χ2v) is 5.71. The second kappa shape index (κ2) is 7.90. The Labute approximate surface area is 140 Å². The van der Waals surface area contributed by atoms with E-state index in [1.165, 1.54) is 6.20 Å². The lowest BCUT2D eigenvalue weighted by Gasteiger charge is -2.26. The number of ether oxygens (including phenoxy) is 1. The van der Waals surface area contributed by atoms with Gasteiger partial charge >= 0.3 is 0 Å². The largest absolute Gasteiger partial charge is 0.379 e. The maximum Gasteiger partial charge on any atom is 0.255 e. The van der Waals surface area contributed by atoms with Crippen LogP contribution in [-0.4, -0.2) is 55.2 Å². The molecule has 1 aromatic carbocycles. The fourth-order valence-corrected chi connectivity index (χ4v) is 2.70. The summed E-state index contributed by atoms with van der Waals surface area (Å²) in [5, 5.41) is 2.90. The summed E-state index contributed by atoms with van der Waals surface area (Å²) in [6.45, 7) is 4.64. The van der Waals surface area contributed by atoms with Crippen LogP contribution in [-0.2, 0) is 4.74 Å². The summed E-state index contributed by atoms with van der Waals surface area (Å²) in [7, 11) is 0. The number of hydrogen-bond acceptors (Lipinski definition) is 4. The van der Waals surface area contributed by atoms with E-state index < -0.39 is 0 Å². The van der Waals surface area contributed by atoms with E-state index in [1.807, 2.05) is 30.3 Å². The Bertz CT molecular complexity index is 737. The van der Waals surface area contributed by atoms with Gasteiger partial charge in [-0.1, -0.05) is 30.3 Å². The highest BCUT2D eigenvalue weighted by Gasteiger charge is 2.12. The van der Waals surface area contributed by atoms with Crippen molar-refractivity contribution in [3.05, 3.63) is 58.5 Å². The maximum atomic E-state index is 12.3. The average molecular weight is 327 g/mol. The molecule has 2 aromatic rings. The van der Waals surface area contributed by atoms with Crippen LogP contribution < -0.4 is 10.9 Å². The molecule has 1 amide bonds. The summed E-state index contributed by atoms with van der Waals surface area (Å²) in [6, 6.07) is 11.0. The van der Waals surface area contributed by atoms with E-state index in [1.54, 1.807) is 6.07 Å². The third kappa shape index (κ3) is 4.10. The number of carbonyl (C=O) groups excluding carboxylic acids is 1. The first kappa shape index (κ1) is 16.4. The van der Waals surface area contributed by atoms with E-state index in [-0.39, 0.29) is 11.5 Å². The quantitative estimate of drug-likeness (QED) is 0.862. The molecule has 2 N–H and O–H groups in total.